The Morgan fingerprint density at radius 1 is 1.24 bits per heavy atom. The summed E-state index contributed by atoms with van der Waals surface area (Å²) in [5.41, 5.74) is 0.327. The predicted octanol–water partition coefficient (Wildman–Crippen LogP) is 4.51. The van der Waals surface area contributed by atoms with Gasteiger partial charge in [0.05, 0.1) is 5.02 Å². The number of carbonyl (C=O) groups is 1. The van der Waals surface area contributed by atoms with Crippen molar-refractivity contribution < 1.29 is 23.4 Å². The highest BCUT2D eigenvalue weighted by molar-refractivity contribution is 6.32. The fourth-order valence-electron chi connectivity index (χ4n) is 1.59. The molecular weight excluding hydrogens is 302 g/mol. The third-order valence-electron chi connectivity index (χ3n) is 2.51. The van der Waals surface area contributed by atoms with Gasteiger partial charge in [0.25, 0.3) is 0 Å². The monoisotopic (exact) mass is 310 g/mol. The molecule has 3 nitrogen and oxygen atoms in total. The molecule has 1 N–H and O–H groups in total. The molecule has 2 rings (SSSR count). The number of carboxylic acid groups (broad SMARTS) is 1. The van der Waals surface area contributed by atoms with Gasteiger partial charge in [-0.25, -0.2) is 13.6 Å². The van der Waals surface area contributed by atoms with E-state index in [0.29, 0.717) is 5.56 Å². The fraction of sp³-hybridized carbons (Fsp3) is 0. The zero-order valence-corrected chi connectivity index (χ0v) is 11.3. The highest BCUT2D eigenvalue weighted by atomic mass is 35.5. The first kappa shape index (κ1) is 15.0. The maximum absolute atomic E-state index is 13.6. The molecule has 2 aromatic carbocycles. The van der Waals surface area contributed by atoms with Crippen LogP contribution in [0.5, 0.6) is 11.5 Å². The van der Waals surface area contributed by atoms with E-state index in [-0.39, 0.29) is 16.5 Å². The van der Waals surface area contributed by atoms with E-state index < -0.39 is 17.6 Å². The normalized spacial score (nSPS) is 10.8. The average molecular weight is 311 g/mol. The van der Waals surface area contributed by atoms with Crippen molar-refractivity contribution in [3.63, 3.8) is 0 Å². The van der Waals surface area contributed by atoms with Crippen LogP contribution in [0.3, 0.4) is 0 Å². The average Bonchev–Trinajstić information content (AvgIpc) is 2.43. The van der Waals surface area contributed by atoms with E-state index in [4.69, 9.17) is 21.4 Å². The second kappa shape index (κ2) is 6.37. The van der Waals surface area contributed by atoms with Crippen LogP contribution in [0.25, 0.3) is 6.08 Å². The summed E-state index contributed by atoms with van der Waals surface area (Å²) in [7, 11) is 0. The lowest BCUT2D eigenvalue weighted by molar-refractivity contribution is -0.131. The van der Waals surface area contributed by atoms with Crippen molar-refractivity contribution in [1.29, 1.82) is 0 Å². The van der Waals surface area contributed by atoms with Crippen molar-refractivity contribution in [2.75, 3.05) is 0 Å². The molecule has 0 saturated heterocycles. The van der Waals surface area contributed by atoms with E-state index in [9.17, 15) is 13.6 Å². The number of benzene rings is 2. The van der Waals surface area contributed by atoms with Gasteiger partial charge >= 0.3 is 5.97 Å². The van der Waals surface area contributed by atoms with Crippen LogP contribution in [0.4, 0.5) is 8.78 Å². The summed E-state index contributed by atoms with van der Waals surface area (Å²) in [5.74, 6) is -2.88. The van der Waals surface area contributed by atoms with Gasteiger partial charge in [-0.2, -0.15) is 0 Å². The van der Waals surface area contributed by atoms with Gasteiger partial charge in [-0.05, 0) is 24.3 Å². The molecule has 0 aliphatic rings. The molecule has 0 aliphatic carbocycles. The molecule has 21 heavy (non-hydrogen) atoms. The third kappa shape index (κ3) is 3.79. The van der Waals surface area contributed by atoms with Crippen LogP contribution in [0.2, 0.25) is 5.02 Å². The summed E-state index contributed by atoms with van der Waals surface area (Å²) >= 11 is 5.96. The molecular formula is C15H9ClF2O3. The van der Waals surface area contributed by atoms with Crippen LogP contribution in [0.1, 0.15) is 5.56 Å². The molecule has 6 heteroatoms. The Bertz CT molecular complexity index is 714. The molecule has 0 saturated carbocycles. The number of ether oxygens (including phenoxy) is 1. The van der Waals surface area contributed by atoms with Gasteiger partial charge < -0.3 is 9.84 Å². The Morgan fingerprint density at radius 3 is 2.71 bits per heavy atom. The topological polar surface area (TPSA) is 46.5 Å². The lowest BCUT2D eigenvalue weighted by Crippen LogP contribution is -1.93. The van der Waals surface area contributed by atoms with Gasteiger partial charge in [0.2, 0.25) is 0 Å². The number of para-hydroxylation sites is 1. The first-order chi connectivity index (χ1) is 9.97. The van der Waals surface area contributed by atoms with Crippen LogP contribution >= 0.6 is 11.6 Å². The van der Waals surface area contributed by atoms with E-state index in [1.165, 1.54) is 18.2 Å². The van der Waals surface area contributed by atoms with Gasteiger partial charge in [0.15, 0.2) is 17.3 Å². The van der Waals surface area contributed by atoms with Crippen molar-refractivity contribution >= 4 is 23.6 Å². The van der Waals surface area contributed by atoms with Crippen LogP contribution in [0.15, 0.2) is 42.5 Å². The lowest BCUT2D eigenvalue weighted by Gasteiger charge is -2.11. The Morgan fingerprint density at radius 2 is 2.00 bits per heavy atom. The summed E-state index contributed by atoms with van der Waals surface area (Å²) < 4.78 is 32.0. The Balaban J connectivity index is 2.43. The molecule has 0 fully saturated rings. The van der Waals surface area contributed by atoms with E-state index >= 15 is 0 Å². The van der Waals surface area contributed by atoms with Crippen LogP contribution in [0, 0.1) is 11.6 Å². The van der Waals surface area contributed by atoms with Crippen LogP contribution in [-0.2, 0) is 4.79 Å². The van der Waals surface area contributed by atoms with Crippen molar-refractivity contribution in [1.82, 2.24) is 0 Å². The van der Waals surface area contributed by atoms with Gasteiger partial charge in [0, 0.05) is 17.7 Å². The van der Waals surface area contributed by atoms with Crippen molar-refractivity contribution in [2.24, 2.45) is 0 Å². The summed E-state index contributed by atoms with van der Waals surface area (Å²) in [6.45, 7) is 0. The maximum Gasteiger partial charge on any atom is 0.328 e. The molecule has 2 aromatic rings. The first-order valence-corrected chi connectivity index (χ1v) is 6.17. The van der Waals surface area contributed by atoms with Crippen molar-refractivity contribution in [2.45, 2.75) is 0 Å². The molecule has 0 atom stereocenters. The minimum absolute atomic E-state index is 0.0427. The fourth-order valence-corrected chi connectivity index (χ4v) is 1.81. The number of hydrogen-bond acceptors (Lipinski definition) is 2. The highest BCUT2D eigenvalue weighted by Crippen LogP contribution is 2.35. The maximum atomic E-state index is 13.6. The molecule has 0 aromatic heterocycles. The van der Waals surface area contributed by atoms with Gasteiger partial charge in [-0.15, -0.1) is 0 Å². The Labute approximate surface area is 124 Å². The molecule has 0 heterocycles. The molecule has 0 radical (unpaired) electrons. The molecule has 0 amide bonds. The van der Waals surface area contributed by atoms with Gasteiger partial charge in [0.1, 0.15) is 5.82 Å². The lowest BCUT2D eigenvalue weighted by atomic mass is 10.2. The summed E-state index contributed by atoms with van der Waals surface area (Å²) in [5, 5.41) is 8.78. The first-order valence-electron chi connectivity index (χ1n) is 5.80. The summed E-state index contributed by atoms with van der Waals surface area (Å²) in [6.07, 6.45) is 2.14. The number of halogens is 3. The minimum atomic E-state index is -1.15. The van der Waals surface area contributed by atoms with Gasteiger partial charge in [-0.1, -0.05) is 23.7 Å². The molecule has 0 aliphatic heterocycles. The molecule has 0 unspecified atom stereocenters. The zero-order chi connectivity index (χ0) is 15.4. The predicted molar refractivity (Wildman–Crippen MR) is 74.6 cm³/mol. The van der Waals surface area contributed by atoms with Crippen LogP contribution < -0.4 is 4.74 Å². The smallest absolute Gasteiger partial charge is 0.328 e. The summed E-state index contributed by atoms with van der Waals surface area (Å²) in [4.78, 5) is 10.6. The number of carboxylic acids is 1. The second-order valence-corrected chi connectivity index (χ2v) is 4.41. The molecule has 0 bridgehead atoms. The van der Waals surface area contributed by atoms with E-state index in [2.05, 4.69) is 0 Å². The molecule has 0 spiro atoms. The zero-order valence-electron chi connectivity index (χ0n) is 10.5. The van der Waals surface area contributed by atoms with Crippen molar-refractivity contribution in [3.8, 4) is 11.5 Å². The summed E-state index contributed by atoms with van der Waals surface area (Å²) in [6, 6.07) is 7.38. The van der Waals surface area contributed by atoms with E-state index in [0.717, 1.165) is 24.3 Å². The van der Waals surface area contributed by atoms with Crippen molar-refractivity contribution in [3.05, 3.63) is 64.7 Å². The number of hydrogen-bond donors (Lipinski definition) is 1. The van der Waals surface area contributed by atoms with E-state index in [1.807, 2.05) is 0 Å². The standard InChI is InChI=1S/C15H9ClF2O3/c16-11-3-1-2-9(4-7-14(19)20)15(11)21-13-8-10(17)5-6-12(13)18/h1-8H,(H,19,20)/b7-4+. The Kier molecular flexibility index (Phi) is 4.55. The number of aliphatic carboxylic acids is 1. The SMILES string of the molecule is O=C(O)/C=C/c1cccc(Cl)c1Oc1cc(F)ccc1F. The second-order valence-electron chi connectivity index (χ2n) is 4.01. The van der Waals surface area contributed by atoms with E-state index in [1.54, 1.807) is 6.07 Å². The number of rotatable bonds is 4. The third-order valence-corrected chi connectivity index (χ3v) is 2.81. The van der Waals surface area contributed by atoms with Crippen LogP contribution in [-0.4, -0.2) is 11.1 Å². The van der Waals surface area contributed by atoms with Gasteiger partial charge in [-0.3, -0.25) is 0 Å². The largest absolute Gasteiger partial charge is 0.478 e. The molecule has 108 valence electrons. The highest BCUT2D eigenvalue weighted by Gasteiger charge is 2.12. The minimum Gasteiger partial charge on any atom is -0.478 e. The quantitative estimate of drug-likeness (QED) is 0.845. The Hall–Kier alpha value is -2.40.